The van der Waals surface area contributed by atoms with Crippen LogP contribution in [-0.2, 0) is 0 Å². The molecule has 0 fully saturated rings. The highest BCUT2D eigenvalue weighted by atomic mass is 14.2. The van der Waals surface area contributed by atoms with Crippen LogP contribution in [0.3, 0.4) is 0 Å². The Balaban J connectivity index is 1.25. The highest BCUT2D eigenvalue weighted by Gasteiger charge is 2.21. The summed E-state index contributed by atoms with van der Waals surface area (Å²) in [6, 6.07) is 80.4. The van der Waals surface area contributed by atoms with Crippen LogP contribution in [0.25, 0.3) is 109 Å². The average Bonchev–Trinajstić information content (AvgIpc) is 3.27. The van der Waals surface area contributed by atoms with Crippen LogP contribution in [0.5, 0.6) is 0 Å². The predicted octanol–water partition coefficient (Wildman–Crippen LogP) is 15.8. The van der Waals surface area contributed by atoms with Crippen molar-refractivity contribution in [2.24, 2.45) is 0 Å². The molecule has 0 heterocycles. The minimum absolute atomic E-state index is 1.21. The Morgan fingerprint density at radius 2 is 0.643 bits per heavy atom. The molecule has 0 aromatic heterocycles. The van der Waals surface area contributed by atoms with E-state index in [-0.39, 0.29) is 0 Å². The normalized spacial score (nSPS) is 11.6. The van der Waals surface area contributed by atoms with Crippen LogP contribution < -0.4 is 0 Å². The predicted molar refractivity (Wildman–Crippen MR) is 241 cm³/mol. The second kappa shape index (κ2) is 13.2. The molecule has 0 unspecified atom stereocenters. The maximum absolute atomic E-state index is 2.47. The molecule has 0 atom stereocenters. The zero-order valence-corrected chi connectivity index (χ0v) is 30.8. The Morgan fingerprint density at radius 3 is 1.29 bits per heavy atom. The van der Waals surface area contributed by atoms with E-state index in [4.69, 9.17) is 0 Å². The standard InChI is InChI=1S/C56H36/c1-3-16-37(17-4-1)43-22-9-11-24-48(43)55-50-26-13-14-27-51(50)56(49-25-12-10-23-44(49)38-18-5-2-6-19-38)54-36-42(31-33-52(54)55)45-28-15-29-46-47(45)32-30-41-34-39-20-7-8-21-40(39)35-53(41)46/h1-36H. The van der Waals surface area contributed by atoms with Gasteiger partial charge in [-0.15, -0.1) is 0 Å². The van der Waals surface area contributed by atoms with E-state index >= 15 is 0 Å². The van der Waals surface area contributed by atoms with Crippen LogP contribution >= 0.6 is 0 Å². The lowest BCUT2D eigenvalue weighted by atomic mass is 9.81. The summed E-state index contributed by atoms with van der Waals surface area (Å²) in [6.45, 7) is 0. The molecule has 0 amide bonds. The van der Waals surface area contributed by atoms with Crippen LogP contribution in [0.4, 0.5) is 0 Å². The smallest absolute Gasteiger partial charge is 0.00199 e. The number of hydrogen-bond donors (Lipinski definition) is 0. The van der Waals surface area contributed by atoms with Crippen molar-refractivity contribution in [3.8, 4) is 55.6 Å². The molecule has 0 spiro atoms. The fraction of sp³-hybridized carbons (Fsp3) is 0. The van der Waals surface area contributed by atoms with Crippen LogP contribution in [0, 0.1) is 0 Å². The van der Waals surface area contributed by atoms with Crippen LogP contribution in [-0.4, -0.2) is 0 Å². The zero-order valence-electron chi connectivity index (χ0n) is 30.8. The van der Waals surface area contributed by atoms with Crippen LogP contribution in [0.15, 0.2) is 218 Å². The van der Waals surface area contributed by atoms with Gasteiger partial charge in [0.15, 0.2) is 0 Å². The SMILES string of the molecule is c1ccc(-c2ccccc2-c2c3ccccc3c(-c3ccccc3-c3ccccc3)c3cc(-c4cccc5c4ccc4cc6ccccc6cc45)ccc23)cc1. The number of benzene rings is 11. The maximum atomic E-state index is 2.47. The van der Waals surface area contributed by atoms with Crippen molar-refractivity contribution >= 4 is 53.9 Å². The number of fused-ring (bicyclic) bond motifs is 6. The van der Waals surface area contributed by atoms with E-state index < -0.39 is 0 Å². The lowest BCUT2D eigenvalue weighted by Gasteiger charge is -2.22. The maximum Gasteiger partial charge on any atom is -0.00199 e. The molecule has 0 N–H and O–H groups in total. The van der Waals surface area contributed by atoms with Crippen molar-refractivity contribution in [1.29, 1.82) is 0 Å². The molecule has 11 rings (SSSR count). The Hall–Kier alpha value is -7.28. The molecule has 11 aromatic rings. The van der Waals surface area contributed by atoms with Gasteiger partial charge < -0.3 is 0 Å². The molecular weight excluding hydrogens is 673 g/mol. The van der Waals surface area contributed by atoms with Crippen molar-refractivity contribution in [3.05, 3.63) is 218 Å². The summed E-state index contributed by atoms with van der Waals surface area (Å²) in [5, 5.41) is 12.6. The van der Waals surface area contributed by atoms with Gasteiger partial charge in [0.2, 0.25) is 0 Å². The highest BCUT2D eigenvalue weighted by Crippen LogP contribution is 2.49. The van der Waals surface area contributed by atoms with Gasteiger partial charge in [0, 0.05) is 0 Å². The van der Waals surface area contributed by atoms with E-state index in [0.717, 1.165) is 0 Å². The minimum Gasteiger partial charge on any atom is -0.0622 e. The van der Waals surface area contributed by atoms with Gasteiger partial charge in [-0.05, 0) is 128 Å². The molecule has 56 heavy (non-hydrogen) atoms. The quantitative estimate of drug-likeness (QED) is 0.123. The minimum atomic E-state index is 1.21. The van der Waals surface area contributed by atoms with Crippen molar-refractivity contribution in [2.45, 2.75) is 0 Å². The largest absolute Gasteiger partial charge is 0.0622 e. The van der Waals surface area contributed by atoms with E-state index in [0.29, 0.717) is 0 Å². The molecule has 0 aliphatic rings. The van der Waals surface area contributed by atoms with Crippen LogP contribution in [0.2, 0.25) is 0 Å². The van der Waals surface area contributed by atoms with Gasteiger partial charge in [0.25, 0.3) is 0 Å². The van der Waals surface area contributed by atoms with Crippen molar-refractivity contribution in [3.63, 3.8) is 0 Å². The molecule has 0 aliphatic heterocycles. The molecule has 0 radical (unpaired) electrons. The molecular formula is C56H36. The highest BCUT2D eigenvalue weighted by molar-refractivity contribution is 6.24. The van der Waals surface area contributed by atoms with E-state index in [1.807, 2.05) is 0 Å². The molecule has 0 saturated carbocycles. The molecule has 260 valence electrons. The topological polar surface area (TPSA) is 0 Å². The summed E-state index contributed by atoms with van der Waals surface area (Å²) in [4.78, 5) is 0. The van der Waals surface area contributed by atoms with Gasteiger partial charge in [-0.3, -0.25) is 0 Å². The third-order valence-electron chi connectivity index (χ3n) is 11.6. The first kappa shape index (κ1) is 32.2. The summed E-state index contributed by atoms with van der Waals surface area (Å²) < 4.78 is 0. The van der Waals surface area contributed by atoms with E-state index in [1.54, 1.807) is 0 Å². The lowest BCUT2D eigenvalue weighted by Crippen LogP contribution is -1.95. The van der Waals surface area contributed by atoms with Crippen LogP contribution in [0.1, 0.15) is 0 Å². The van der Waals surface area contributed by atoms with Gasteiger partial charge in [0.05, 0.1) is 0 Å². The molecule has 0 heteroatoms. The van der Waals surface area contributed by atoms with Gasteiger partial charge in [-0.25, -0.2) is 0 Å². The van der Waals surface area contributed by atoms with Gasteiger partial charge in [-0.2, -0.15) is 0 Å². The molecule has 0 saturated heterocycles. The van der Waals surface area contributed by atoms with Crippen molar-refractivity contribution in [1.82, 2.24) is 0 Å². The average molecular weight is 709 g/mol. The lowest BCUT2D eigenvalue weighted by molar-refractivity contribution is 1.59. The number of hydrogen-bond acceptors (Lipinski definition) is 0. The Labute approximate surface area is 326 Å². The van der Waals surface area contributed by atoms with Crippen molar-refractivity contribution in [2.75, 3.05) is 0 Å². The fourth-order valence-electron chi connectivity index (χ4n) is 9.10. The van der Waals surface area contributed by atoms with Gasteiger partial charge in [0.1, 0.15) is 0 Å². The summed E-state index contributed by atoms with van der Waals surface area (Å²) in [6.07, 6.45) is 0. The first-order chi connectivity index (χ1) is 27.8. The Morgan fingerprint density at radius 1 is 0.179 bits per heavy atom. The molecule has 0 bridgehead atoms. The number of rotatable bonds is 5. The Bertz CT molecular complexity index is 3280. The first-order valence-corrected chi connectivity index (χ1v) is 19.4. The van der Waals surface area contributed by atoms with E-state index in [9.17, 15) is 0 Å². The summed E-state index contributed by atoms with van der Waals surface area (Å²) in [5.74, 6) is 0. The molecule has 0 aliphatic carbocycles. The fourth-order valence-corrected chi connectivity index (χ4v) is 9.10. The first-order valence-electron chi connectivity index (χ1n) is 19.4. The Kier molecular flexibility index (Phi) is 7.60. The van der Waals surface area contributed by atoms with Gasteiger partial charge in [-0.1, -0.05) is 200 Å². The second-order valence-corrected chi connectivity index (χ2v) is 14.8. The summed E-state index contributed by atoms with van der Waals surface area (Å²) in [5.41, 5.74) is 12.3. The molecule has 0 nitrogen and oxygen atoms in total. The zero-order chi connectivity index (χ0) is 37.0. The third kappa shape index (κ3) is 5.22. The van der Waals surface area contributed by atoms with E-state index in [2.05, 4.69) is 218 Å². The van der Waals surface area contributed by atoms with Gasteiger partial charge >= 0.3 is 0 Å². The molecule has 11 aromatic carbocycles. The summed E-state index contributed by atoms with van der Waals surface area (Å²) in [7, 11) is 0. The third-order valence-corrected chi connectivity index (χ3v) is 11.6. The second-order valence-electron chi connectivity index (χ2n) is 14.8. The van der Waals surface area contributed by atoms with E-state index in [1.165, 1.54) is 109 Å². The van der Waals surface area contributed by atoms with Crippen molar-refractivity contribution < 1.29 is 0 Å². The monoisotopic (exact) mass is 708 g/mol. The summed E-state index contributed by atoms with van der Waals surface area (Å²) >= 11 is 0.